The molecule has 1 heterocycles. The molecular formula is C25H16F4N4O2. The second kappa shape index (κ2) is 9.40. The van der Waals surface area contributed by atoms with Gasteiger partial charge in [-0.25, -0.2) is 9.07 Å². The van der Waals surface area contributed by atoms with Crippen molar-refractivity contribution in [3.05, 3.63) is 113 Å². The summed E-state index contributed by atoms with van der Waals surface area (Å²) in [4.78, 5) is 13.0. The fourth-order valence-corrected chi connectivity index (χ4v) is 3.45. The first-order chi connectivity index (χ1) is 16.7. The second-order valence-corrected chi connectivity index (χ2v) is 7.53. The van der Waals surface area contributed by atoms with Gasteiger partial charge >= 0.3 is 6.18 Å². The highest BCUT2D eigenvalue weighted by atomic mass is 19.4. The van der Waals surface area contributed by atoms with Gasteiger partial charge in [0.1, 0.15) is 17.6 Å². The van der Waals surface area contributed by atoms with Gasteiger partial charge < -0.3 is 10.4 Å². The highest BCUT2D eigenvalue weighted by molar-refractivity contribution is 6.03. The Bertz CT molecular complexity index is 1430. The average molecular weight is 480 g/mol. The third-order valence-corrected chi connectivity index (χ3v) is 5.06. The van der Waals surface area contributed by atoms with Crippen molar-refractivity contribution in [1.29, 1.82) is 5.26 Å². The van der Waals surface area contributed by atoms with Crippen molar-refractivity contribution in [3.8, 4) is 11.8 Å². The number of halogens is 4. The molecule has 0 radical (unpaired) electrons. The molecule has 1 amide bonds. The van der Waals surface area contributed by atoms with E-state index in [4.69, 9.17) is 5.26 Å². The van der Waals surface area contributed by atoms with Gasteiger partial charge in [-0.15, -0.1) is 0 Å². The molecular weight excluding hydrogens is 464 g/mol. The lowest BCUT2D eigenvalue weighted by molar-refractivity contribution is -0.141. The van der Waals surface area contributed by atoms with Gasteiger partial charge in [0.2, 0.25) is 0 Å². The molecule has 4 rings (SSSR count). The van der Waals surface area contributed by atoms with E-state index in [1.54, 1.807) is 30.3 Å². The molecule has 0 aliphatic heterocycles. The lowest BCUT2D eigenvalue weighted by atomic mass is 10.0. The van der Waals surface area contributed by atoms with Crippen molar-refractivity contribution in [1.82, 2.24) is 9.78 Å². The van der Waals surface area contributed by atoms with Gasteiger partial charge in [-0.3, -0.25) is 4.79 Å². The Balaban J connectivity index is 1.70. The zero-order valence-corrected chi connectivity index (χ0v) is 17.8. The van der Waals surface area contributed by atoms with Gasteiger partial charge in [0.25, 0.3) is 5.91 Å². The minimum absolute atomic E-state index is 0.0594. The number of nitriles is 1. The maximum Gasteiger partial charge on any atom is 0.435 e. The Morgan fingerprint density at radius 1 is 1.00 bits per heavy atom. The molecule has 3 aromatic carbocycles. The predicted octanol–water partition coefficient (Wildman–Crippen LogP) is 5.24. The van der Waals surface area contributed by atoms with Crippen LogP contribution in [0.3, 0.4) is 0 Å². The fourth-order valence-electron chi connectivity index (χ4n) is 3.45. The van der Waals surface area contributed by atoms with Gasteiger partial charge in [-0.2, -0.15) is 23.5 Å². The number of aliphatic hydroxyl groups is 1. The van der Waals surface area contributed by atoms with Gasteiger partial charge in [-0.1, -0.05) is 36.4 Å². The number of anilines is 1. The molecule has 0 saturated carbocycles. The summed E-state index contributed by atoms with van der Waals surface area (Å²) in [5.74, 6) is -1.76. The Morgan fingerprint density at radius 2 is 1.74 bits per heavy atom. The molecule has 1 atom stereocenters. The van der Waals surface area contributed by atoms with Crippen LogP contribution < -0.4 is 5.32 Å². The number of rotatable bonds is 5. The van der Waals surface area contributed by atoms with Crippen LogP contribution in [0.25, 0.3) is 5.69 Å². The molecule has 35 heavy (non-hydrogen) atoms. The Hall–Kier alpha value is -4.49. The topological polar surface area (TPSA) is 90.9 Å². The van der Waals surface area contributed by atoms with E-state index in [0.717, 1.165) is 16.8 Å². The van der Waals surface area contributed by atoms with E-state index >= 15 is 0 Å². The van der Waals surface area contributed by atoms with Gasteiger partial charge in [-0.05, 0) is 47.5 Å². The monoisotopic (exact) mass is 480 g/mol. The first-order valence-electron chi connectivity index (χ1n) is 10.2. The summed E-state index contributed by atoms with van der Waals surface area (Å²) in [5.41, 5.74) is -1.04. The van der Waals surface area contributed by atoms with E-state index in [1.165, 1.54) is 30.3 Å². The molecule has 4 aromatic rings. The molecule has 6 nitrogen and oxygen atoms in total. The van der Waals surface area contributed by atoms with Crippen LogP contribution in [-0.2, 0) is 6.18 Å². The molecule has 2 N–H and O–H groups in total. The number of nitrogens with zero attached hydrogens (tertiary/aromatic N) is 3. The van der Waals surface area contributed by atoms with Crippen molar-refractivity contribution in [2.75, 3.05) is 5.32 Å². The number of benzene rings is 3. The minimum atomic E-state index is -4.83. The Kier molecular flexibility index (Phi) is 6.36. The average Bonchev–Trinajstić information content (AvgIpc) is 3.30. The first-order valence-corrected chi connectivity index (χ1v) is 10.2. The highest BCUT2D eigenvalue weighted by Gasteiger charge is 2.36. The lowest BCUT2D eigenvalue weighted by Gasteiger charge is -2.14. The normalized spacial score (nSPS) is 12.1. The van der Waals surface area contributed by atoms with E-state index in [-0.39, 0.29) is 22.5 Å². The van der Waals surface area contributed by atoms with Gasteiger partial charge in [0.05, 0.1) is 17.3 Å². The standard InChI is InChI=1S/C25H16F4N4O2/c26-18-10-17(23(34)16-6-2-1-3-7-16)11-19(12-18)31-24(35)21-13-22(25(27,28)29)32-33(21)20-8-4-5-15(9-20)14-30/h1-13,23,34H,(H,31,35). The number of aliphatic hydroxyl groups excluding tert-OH is 1. The number of nitrogens with one attached hydrogen (secondary N) is 1. The van der Waals surface area contributed by atoms with E-state index in [2.05, 4.69) is 10.4 Å². The summed E-state index contributed by atoms with van der Waals surface area (Å²) in [5, 5.41) is 25.5. The van der Waals surface area contributed by atoms with Gasteiger partial charge in [0.15, 0.2) is 5.69 Å². The third-order valence-electron chi connectivity index (χ3n) is 5.06. The minimum Gasteiger partial charge on any atom is -0.384 e. The first kappa shape index (κ1) is 23.7. The van der Waals surface area contributed by atoms with Crippen molar-refractivity contribution in [3.63, 3.8) is 0 Å². The van der Waals surface area contributed by atoms with Crippen molar-refractivity contribution in [2.24, 2.45) is 0 Å². The molecule has 176 valence electrons. The quantitative estimate of drug-likeness (QED) is 0.383. The Morgan fingerprint density at radius 3 is 2.43 bits per heavy atom. The van der Waals surface area contributed by atoms with E-state index in [1.807, 2.05) is 6.07 Å². The lowest BCUT2D eigenvalue weighted by Crippen LogP contribution is -2.17. The molecule has 0 saturated heterocycles. The van der Waals surface area contributed by atoms with Crippen LogP contribution in [0.15, 0.2) is 78.9 Å². The van der Waals surface area contributed by atoms with Crippen LogP contribution >= 0.6 is 0 Å². The van der Waals surface area contributed by atoms with Crippen LogP contribution in [0, 0.1) is 17.1 Å². The molecule has 0 aliphatic rings. The van der Waals surface area contributed by atoms with Crippen LogP contribution in [0.1, 0.15) is 39.0 Å². The maximum absolute atomic E-state index is 14.3. The molecule has 0 bridgehead atoms. The summed E-state index contributed by atoms with van der Waals surface area (Å²) in [7, 11) is 0. The highest BCUT2D eigenvalue weighted by Crippen LogP contribution is 2.30. The predicted molar refractivity (Wildman–Crippen MR) is 118 cm³/mol. The van der Waals surface area contributed by atoms with Crippen LogP contribution in [-0.4, -0.2) is 20.8 Å². The summed E-state index contributed by atoms with van der Waals surface area (Å²) < 4.78 is 55.1. The maximum atomic E-state index is 14.3. The largest absolute Gasteiger partial charge is 0.435 e. The smallest absolute Gasteiger partial charge is 0.384 e. The zero-order valence-electron chi connectivity index (χ0n) is 17.8. The summed E-state index contributed by atoms with van der Waals surface area (Å²) in [6.45, 7) is 0. The zero-order chi connectivity index (χ0) is 25.2. The number of aromatic nitrogens is 2. The Labute approximate surface area is 196 Å². The number of hydrogen-bond acceptors (Lipinski definition) is 4. The number of hydrogen-bond donors (Lipinski definition) is 2. The van der Waals surface area contributed by atoms with E-state index in [0.29, 0.717) is 11.6 Å². The number of carbonyl (C=O) groups excluding carboxylic acids is 1. The van der Waals surface area contributed by atoms with Gasteiger partial charge in [0, 0.05) is 11.8 Å². The van der Waals surface area contributed by atoms with Crippen molar-refractivity contribution in [2.45, 2.75) is 12.3 Å². The number of carbonyl (C=O) groups is 1. The van der Waals surface area contributed by atoms with Crippen LogP contribution in [0.5, 0.6) is 0 Å². The fraction of sp³-hybridized carbons (Fsp3) is 0.0800. The SMILES string of the molecule is N#Cc1cccc(-n2nc(C(F)(F)F)cc2C(=O)Nc2cc(F)cc(C(O)c3ccccc3)c2)c1. The molecule has 1 unspecified atom stereocenters. The summed E-state index contributed by atoms with van der Waals surface area (Å²) in [6, 6.07) is 19.8. The summed E-state index contributed by atoms with van der Waals surface area (Å²) in [6.07, 6.45) is -6.03. The molecule has 0 aliphatic carbocycles. The molecule has 0 fully saturated rings. The number of alkyl halides is 3. The third kappa shape index (κ3) is 5.20. The molecule has 10 heteroatoms. The van der Waals surface area contributed by atoms with Crippen molar-refractivity contribution < 1.29 is 27.5 Å². The van der Waals surface area contributed by atoms with Crippen LogP contribution in [0.4, 0.5) is 23.2 Å². The number of amides is 1. The molecule has 1 aromatic heterocycles. The summed E-state index contributed by atoms with van der Waals surface area (Å²) >= 11 is 0. The van der Waals surface area contributed by atoms with E-state index < -0.39 is 35.4 Å². The van der Waals surface area contributed by atoms with E-state index in [9.17, 15) is 27.5 Å². The van der Waals surface area contributed by atoms with Crippen LogP contribution in [0.2, 0.25) is 0 Å². The second-order valence-electron chi connectivity index (χ2n) is 7.53. The van der Waals surface area contributed by atoms with Crippen molar-refractivity contribution >= 4 is 11.6 Å². The molecule has 0 spiro atoms.